The molecular formula is C20H19N3O3. The van der Waals surface area contributed by atoms with E-state index >= 15 is 0 Å². The second-order valence-electron chi connectivity index (χ2n) is 6.54. The Hall–Kier alpha value is -3.12. The monoisotopic (exact) mass is 349 g/mol. The number of aliphatic hydroxyl groups is 2. The number of anilines is 1. The molecule has 0 saturated heterocycles. The summed E-state index contributed by atoms with van der Waals surface area (Å²) >= 11 is 0. The molecule has 2 unspecified atom stereocenters. The van der Waals surface area contributed by atoms with Crippen molar-refractivity contribution < 1.29 is 15.0 Å². The molecule has 0 aliphatic carbocycles. The first-order chi connectivity index (χ1) is 12.5. The molecule has 0 saturated carbocycles. The highest BCUT2D eigenvalue weighted by molar-refractivity contribution is 5.95. The molecule has 0 radical (unpaired) electrons. The molecule has 0 fully saturated rings. The molecule has 3 aromatic rings. The highest BCUT2D eigenvalue weighted by Crippen LogP contribution is 2.31. The van der Waals surface area contributed by atoms with Crippen LogP contribution in [-0.4, -0.2) is 38.1 Å². The van der Waals surface area contributed by atoms with Gasteiger partial charge < -0.3 is 20.1 Å². The van der Waals surface area contributed by atoms with Gasteiger partial charge in [0.25, 0.3) is 0 Å². The molecule has 4 rings (SSSR count). The Kier molecular flexibility index (Phi) is 3.97. The molecule has 6 heteroatoms. The van der Waals surface area contributed by atoms with Gasteiger partial charge in [-0.05, 0) is 36.8 Å². The molecule has 2 aromatic heterocycles. The summed E-state index contributed by atoms with van der Waals surface area (Å²) < 4.78 is 0. The summed E-state index contributed by atoms with van der Waals surface area (Å²) in [6, 6.07) is 11.3. The summed E-state index contributed by atoms with van der Waals surface area (Å²) in [6.07, 6.45) is 4.41. The van der Waals surface area contributed by atoms with Crippen molar-refractivity contribution in [2.75, 3.05) is 4.90 Å². The van der Waals surface area contributed by atoms with Gasteiger partial charge in [-0.3, -0.25) is 9.78 Å². The molecule has 132 valence electrons. The largest absolute Gasteiger partial charge is 0.503 e. The van der Waals surface area contributed by atoms with E-state index in [0.29, 0.717) is 0 Å². The minimum atomic E-state index is -0.719. The summed E-state index contributed by atoms with van der Waals surface area (Å²) in [4.78, 5) is 21.2. The van der Waals surface area contributed by atoms with Crippen molar-refractivity contribution in [1.29, 1.82) is 0 Å². The Morgan fingerprint density at radius 3 is 2.92 bits per heavy atom. The van der Waals surface area contributed by atoms with Gasteiger partial charge in [0, 0.05) is 30.1 Å². The molecule has 3 heterocycles. The maximum absolute atomic E-state index is 11.8. The Morgan fingerprint density at radius 2 is 2.12 bits per heavy atom. The second-order valence-corrected chi connectivity index (χ2v) is 6.54. The summed E-state index contributed by atoms with van der Waals surface area (Å²) in [5.74, 6) is -0.647. The van der Waals surface area contributed by atoms with Gasteiger partial charge >= 0.3 is 0 Å². The lowest BCUT2D eigenvalue weighted by Gasteiger charge is -2.35. The van der Waals surface area contributed by atoms with Gasteiger partial charge in [-0.1, -0.05) is 12.1 Å². The first kappa shape index (κ1) is 16.4. The zero-order chi connectivity index (χ0) is 18.3. The molecule has 2 atom stereocenters. The van der Waals surface area contributed by atoms with Crippen LogP contribution >= 0.6 is 0 Å². The van der Waals surface area contributed by atoms with Crippen molar-refractivity contribution in [3.63, 3.8) is 0 Å². The molecule has 1 aliphatic heterocycles. The average Bonchev–Trinajstić information content (AvgIpc) is 3.11. The van der Waals surface area contributed by atoms with Crippen molar-refractivity contribution in [1.82, 2.24) is 9.97 Å². The number of fused-ring (bicyclic) bond motifs is 1. The van der Waals surface area contributed by atoms with E-state index < -0.39 is 12.1 Å². The smallest absolute Gasteiger partial charge is 0.200 e. The van der Waals surface area contributed by atoms with Crippen LogP contribution in [-0.2, 0) is 4.79 Å². The minimum absolute atomic E-state index is 0.0697. The Balaban J connectivity index is 1.75. The number of pyridine rings is 1. The SMILES string of the molecule is CC(O)C1CC(=O)C(O)=CN1c1cccc(-c2cnc3cc[nH]c3c2)c1. The lowest BCUT2D eigenvalue weighted by atomic mass is 9.98. The maximum Gasteiger partial charge on any atom is 0.200 e. The van der Waals surface area contributed by atoms with E-state index in [4.69, 9.17) is 0 Å². The molecule has 0 bridgehead atoms. The number of carbonyl (C=O) groups excluding carboxylic acids is 1. The minimum Gasteiger partial charge on any atom is -0.503 e. The van der Waals surface area contributed by atoms with Crippen molar-refractivity contribution in [3.8, 4) is 11.1 Å². The Labute approximate surface area is 150 Å². The fourth-order valence-corrected chi connectivity index (χ4v) is 3.30. The van der Waals surface area contributed by atoms with Crippen LogP contribution in [0, 0.1) is 0 Å². The van der Waals surface area contributed by atoms with Crippen LogP contribution in [0.15, 0.2) is 60.8 Å². The van der Waals surface area contributed by atoms with Gasteiger partial charge in [-0.2, -0.15) is 0 Å². The predicted octanol–water partition coefficient (Wildman–Crippen LogP) is 3.16. The highest BCUT2D eigenvalue weighted by Gasteiger charge is 2.31. The number of nitrogens with one attached hydrogen (secondary N) is 1. The van der Waals surface area contributed by atoms with Gasteiger partial charge in [-0.15, -0.1) is 0 Å². The number of H-pyrrole nitrogens is 1. The lowest BCUT2D eigenvalue weighted by molar-refractivity contribution is -0.119. The van der Waals surface area contributed by atoms with E-state index in [1.807, 2.05) is 48.8 Å². The van der Waals surface area contributed by atoms with Crippen molar-refractivity contribution in [3.05, 3.63) is 60.8 Å². The molecule has 3 N–H and O–H groups in total. The lowest BCUT2D eigenvalue weighted by Crippen LogP contribution is -2.44. The zero-order valence-corrected chi connectivity index (χ0v) is 14.3. The molecular weight excluding hydrogens is 330 g/mol. The van der Waals surface area contributed by atoms with Crippen molar-refractivity contribution >= 4 is 22.5 Å². The zero-order valence-electron chi connectivity index (χ0n) is 14.3. The number of aliphatic hydroxyl groups excluding tert-OH is 2. The molecule has 26 heavy (non-hydrogen) atoms. The highest BCUT2D eigenvalue weighted by atomic mass is 16.3. The quantitative estimate of drug-likeness (QED) is 0.676. The van der Waals surface area contributed by atoms with Crippen LogP contribution in [0.2, 0.25) is 0 Å². The van der Waals surface area contributed by atoms with Crippen LogP contribution in [0.5, 0.6) is 0 Å². The fraction of sp³-hybridized carbons (Fsp3) is 0.200. The third-order valence-electron chi connectivity index (χ3n) is 4.73. The third-order valence-corrected chi connectivity index (χ3v) is 4.73. The van der Waals surface area contributed by atoms with Crippen LogP contribution in [0.1, 0.15) is 13.3 Å². The average molecular weight is 349 g/mol. The summed E-state index contributed by atoms with van der Waals surface area (Å²) in [7, 11) is 0. The van der Waals surface area contributed by atoms with Crippen molar-refractivity contribution in [2.24, 2.45) is 0 Å². The number of aromatic nitrogens is 2. The summed E-state index contributed by atoms with van der Waals surface area (Å²) in [5, 5.41) is 19.9. The number of carbonyl (C=O) groups is 1. The van der Waals surface area contributed by atoms with E-state index in [-0.39, 0.29) is 18.0 Å². The van der Waals surface area contributed by atoms with Crippen molar-refractivity contribution in [2.45, 2.75) is 25.5 Å². The number of Topliss-reactive ketones (excluding diaryl/α,β-unsaturated/α-hetero) is 1. The molecule has 0 amide bonds. The third kappa shape index (κ3) is 2.84. The Morgan fingerprint density at radius 1 is 1.27 bits per heavy atom. The standard InChI is InChI=1S/C20H19N3O3/c1-12(24)18-9-19(25)20(26)11-23(18)15-4-2-3-13(7-15)14-8-17-16(22-10-14)5-6-21-17/h2-8,10-12,18,21,24,26H,9H2,1H3. The number of ketones is 1. The number of aromatic amines is 1. The van der Waals surface area contributed by atoms with Gasteiger partial charge in [-0.25, -0.2) is 0 Å². The van der Waals surface area contributed by atoms with Gasteiger partial charge in [0.2, 0.25) is 5.78 Å². The first-order valence-electron chi connectivity index (χ1n) is 8.47. The van der Waals surface area contributed by atoms with Crippen LogP contribution in [0.4, 0.5) is 5.69 Å². The number of hydrogen-bond donors (Lipinski definition) is 3. The number of rotatable bonds is 3. The van der Waals surface area contributed by atoms with Crippen LogP contribution < -0.4 is 4.90 Å². The van der Waals surface area contributed by atoms with E-state index in [9.17, 15) is 15.0 Å². The Bertz CT molecular complexity index is 1010. The van der Waals surface area contributed by atoms with E-state index in [0.717, 1.165) is 27.8 Å². The molecule has 6 nitrogen and oxygen atoms in total. The number of allylic oxidation sites excluding steroid dienone is 1. The van der Waals surface area contributed by atoms with E-state index in [2.05, 4.69) is 9.97 Å². The van der Waals surface area contributed by atoms with E-state index in [1.54, 1.807) is 11.8 Å². The molecule has 0 spiro atoms. The second kappa shape index (κ2) is 6.31. The predicted molar refractivity (Wildman–Crippen MR) is 99.8 cm³/mol. The van der Waals surface area contributed by atoms with Crippen LogP contribution in [0.3, 0.4) is 0 Å². The normalized spacial score (nSPS) is 18.8. The molecule has 1 aromatic carbocycles. The molecule has 1 aliphatic rings. The summed E-state index contributed by atoms with van der Waals surface area (Å²) in [5.41, 5.74) is 4.56. The van der Waals surface area contributed by atoms with Gasteiger partial charge in [0.05, 0.1) is 29.4 Å². The summed E-state index contributed by atoms with van der Waals surface area (Å²) in [6.45, 7) is 1.65. The first-order valence-corrected chi connectivity index (χ1v) is 8.47. The van der Waals surface area contributed by atoms with Crippen LogP contribution in [0.25, 0.3) is 22.2 Å². The number of benzene rings is 1. The number of hydrogen-bond acceptors (Lipinski definition) is 5. The van der Waals surface area contributed by atoms with E-state index in [1.165, 1.54) is 6.20 Å². The topological polar surface area (TPSA) is 89.4 Å². The maximum atomic E-state index is 11.8. The van der Waals surface area contributed by atoms with Gasteiger partial charge in [0.1, 0.15) is 0 Å². The van der Waals surface area contributed by atoms with Gasteiger partial charge in [0.15, 0.2) is 5.76 Å². The fourth-order valence-electron chi connectivity index (χ4n) is 3.30. The number of nitrogens with zero attached hydrogens (tertiary/aromatic N) is 2.